The van der Waals surface area contributed by atoms with Crippen molar-refractivity contribution in [1.82, 2.24) is 0 Å². The van der Waals surface area contributed by atoms with Gasteiger partial charge >= 0.3 is 11.9 Å². The second-order valence-electron chi connectivity index (χ2n) is 9.23. The molecule has 1 heterocycles. The molecule has 5 heteroatoms. The van der Waals surface area contributed by atoms with E-state index in [0.29, 0.717) is 0 Å². The topological polar surface area (TPSA) is 61.8 Å². The van der Waals surface area contributed by atoms with Gasteiger partial charge in [-0.1, -0.05) is 25.7 Å². The molecule has 0 spiro atoms. The van der Waals surface area contributed by atoms with Crippen molar-refractivity contribution in [3.63, 3.8) is 0 Å². The first-order valence-electron chi connectivity index (χ1n) is 10.2. The van der Waals surface area contributed by atoms with E-state index < -0.39 is 29.1 Å². The van der Waals surface area contributed by atoms with Gasteiger partial charge in [0.15, 0.2) is 0 Å². The van der Waals surface area contributed by atoms with Crippen LogP contribution in [0, 0.1) is 22.7 Å². The first kappa shape index (κ1) is 24.2. The highest BCUT2D eigenvalue weighted by Gasteiger charge is 2.35. The summed E-state index contributed by atoms with van der Waals surface area (Å²) in [4.78, 5) is 24.4. The van der Waals surface area contributed by atoms with Crippen LogP contribution in [0.4, 0.5) is 0 Å². The van der Waals surface area contributed by atoms with Crippen LogP contribution in [0.25, 0.3) is 0 Å². The highest BCUT2D eigenvalue weighted by atomic mass is 16.6. The molecule has 0 bridgehead atoms. The van der Waals surface area contributed by atoms with Gasteiger partial charge in [-0.05, 0) is 60.1 Å². The van der Waals surface area contributed by atoms with Crippen LogP contribution in [0.5, 0.6) is 0 Å². The average molecular weight is 393 g/mol. The molecular formula is C23H36O5. The van der Waals surface area contributed by atoms with E-state index in [4.69, 9.17) is 14.2 Å². The fourth-order valence-electron chi connectivity index (χ4n) is 2.29. The van der Waals surface area contributed by atoms with Gasteiger partial charge in [-0.3, -0.25) is 9.59 Å². The summed E-state index contributed by atoms with van der Waals surface area (Å²) in [5.41, 5.74) is -1.24. The zero-order valence-electron chi connectivity index (χ0n) is 18.5. The molecule has 5 nitrogen and oxygen atoms in total. The van der Waals surface area contributed by atoms with Crippen LogP contribution in [0.15, 0.2) is 12.2 Å². The summed E-state index contributed by atoms with van der Waals surface area (Å²) < 4.78 is 17.0. The highest BCUT2D eigenvalue weighted by molar-refractivity contribution is 5.76. The standard InChI is InChI=1S/C23H36O5/c1-8-9-10-11-12-13-17-14-15-18(28-21(25)23(5,6)7)19(27-17)16-26-20(24)22(2,3)4/h14-15,17-19H,8-11,16H2,1-7H3/t17-,18+,19-/m1/s1. The van der Waals surface area contributed by atoms with Gasteiger partial charge in [-0.2, -0.15) is 0 Å². The summed E-state index contributed by atoms with van der Waals surface area (Å²) in [5, 5.41) is 0. The number of unbranched alkanes of at least 4 members (excludes halogenated alkanes) is 3. The first-order valence-corrected chi connectivity index (χ1v) is 10.2. The summed E-state index contributed by atoms with van der Waals surface area (Å²) >= 11 is 0. The summed E-state index contributed by atoms with van der Waals surface area (Å²) in [7, 11) is 0. The monoisotopic (exact) mass is 392 g/mol. The zero-order valence-corrected chi connectivity index (χ0v) is 18.5. The second kappa shape index (κ2) is 10.7. The van der Waals surface area contributed by atoms with Gasteiger partial charge in [0.25, 0.3) is 0 Å². The smallest absolute Gasteiger partial charge is 0.311 e. The molecule has 0 saturated carbocycles. The SMILES string of the molecule is CCCCCC#C[C@@H]1C=C[C@H](OC(=O)C(C)(C)C)[C@@H](COC(=O)C(C)(C)C)O1. The van der Waals surface area contributed by atoms with Crippen molar-refractivity contribution >= 4 is 11.9 Å². The third kappa shape index (κ3) is 8.48. The van der Waals surface area contributed by atoms with Gasteiger partial charge in [-0.15, -0.1) is 5.92 Å². The van der Waals surface area contributed by atoms with Gasteiger partial charge in [0.2, 0.25) is 0 Å². The molecule has 0 saturated heterocycles. The molecule has 0 unspecified atom stereocenters. The van der Waals surface area contributed by atoms with E-state index in [-0.39, 0.29) is 18.5 Å². The van der Waals surface area contributed by atoms with Crippen molar-refractivity contribution in [2.75, 3.05) is 6.61 Å². The maximum absolute atomic E-state index is 12.3. The maximum Gasteiger partial charge on any atom is 0.311 e. The largest absolute Gasteiger partial charge is 0.462 e. The van der Waals surface area contributed by atoms with Crippen LogP contribution in [-0.4, -0.2) is 36.9 Å². The Morgan fingerprint density at radius 2 is 1.64 bits per heavy atom. The summed E-state index contributed by atoms with van der Waals surface area (Å²) in [5.74, 6) is 5.57. The lowest BCUT2D eigenvalue weighted by molar-refractivity contribution is -0.173. The van der Waals surface area contributed by atoms with E-state index in [2.05, 4.69) is 18.8 Å². The Morgan fingerprint density at radius 1 is 1.00 bits per heavy atom. The molecule has 0 aliphatic carbocycles. The minimum atomic E-state index is -0.629. The van der Waals surface area contributed by atoms with E-state index in [1.807, 2.05) is 0 Å². The lowest BCUT2D eigenvalue weighted by Crippen LogP contribution is -2.43. The lowest BCUT2D eigenvalue weighted by Gasteiger charge is -2.32. The Morgan fingerprint density at radius 3 is 2.21 bits per heavy atom. The molecule has 0 amide bonds. The Bertz CT molecular complexity index is 610. The van der Waals surface area contributed by atoms with Gasteiger partial charge in [-0.25, -0.2) is 0 Å². The predicted octanol–water partition coefficient (Wildman–Crippen LogP) is 4.44. The number of esters is 2. The van der Waals surface area contributed by atoms with Crippen molar-refractivity contribution in [2.45, 2.75) is 92.5 Å². The number of hydrogen-bond donors (Lipinski definition) is 0. The zero-order chi connectivity index (χ0) is 21.4. The maximum atomic E-state index is 12.3. The van der Waals surface area contributed by atoms with Gasteiger partial charge in [0, 0.05) is 6.42 Å². The average Bonchev–Trinajstić information content (AvgIpc) is 2.59. The van der Waals surface area contributed by atoms with Crippen LogP contribution in [-0.2, 0) is 23.8 Å². The molecule has 1 aliphatic heterocycles. The number of carbonyl (C=O) groups is 2. The van der Waals surface area contributed by atoms with Crippen molar-refractivity contribution in [3.05, 3.63) is 12.2 Å². The van der Waals surface area contributed by atoms with E-state index in [9.17, 15) is 9.59 Å². The lowest BCUT2D eigenvalue weighted by atomic mass is 9.97. The third-order valence-electron chi connectivity index (χ3n) is 4.16. The Labute approximate surface area is 170 Å². The van der Waals surface area contributed by atoms with Crippen molar-refractivity contribution in [1.29, 1.82) is 0 Å². The molecule has 1 aliphatic rings. The van der Waals surface area contributed by atoms with Crippen LogP contribution in [0.3, 0.4) is 0 Å². The molecule has 3 atom stereocenters. The molecular weight excluding hydrogens is 356 g/mol. The van der Waals surface area contributed by atoms with Crippen LogP contribution in [0.2, 0.25) is 0 Å². The Hall–Kier alpha value is -1.80. The van der Waals surface area contributed by atoms with E-state index in [0.717, 1.165) is 25.7 Å². The number of hydrogen-bond acceptors (Lipinski definition) is 5. The van der Waals surface area contributed by atoms with Gasteiger partial charge < -0.3 is 14.2 Å². The van der Waals surface area contributed by atoms with Gasteiger partial charge in [0.05, 0.1) is 10.8 Å². The normalized spacial score (nSPS) is 22.2. The number of rotatable bonds is 6. The molecule has 158 valence electrons. The Balaban J connectivity index is 2.81. The summed E-state index contributed by atoms with van der Waals surface area (Å²) in [6.07, 6.45) is 6.20. The van der Waals surface area contributed by atoms with Crippen molar-refractivity contribution < 1.29 is 23.8 Å². The van der Waals surface area contributed by atoms with Crippen LogP contribution in [0.1, 0.15) is 74.1 Å². The van der Waals surface area contributed by atoms with Crippen molar-refractivity contribution in [2.24, 2.45) is 10.8 Å². The molecule has 0 aromatic carbocycles. The summed E-state index contributed by atoms with van der Waals surface area (Å²) in [6.45, 7) is 12.9. The molecule has 0 aromatic rings. The quantitative estimate of drug-likeness (QED) is 0.289. The predicted molar refractivity (Wildman–Crippen MR) is 109 cm³/mol. The van der Waals surface area contributed by atoms with E-state index >= 15 is 0 Å². The molecule has 0 N–H and O–H groups in total. The number of ether oxygens (including phenoxy) is 3. The highest BCUT2D eigenvalue weighted by Crippen LogP contribution is 2.23. The molecule has 0 fully saturated rings. The fraction of sp³-hybridized carbons (Fsp3) is 0.739. The first-order chi connectivity index (χ1) is 12.9. The molecule has 28 heavy (non-hydrogen) atoms. The van der Waals surface area contributed by atoms with E-state index in [1.54, 1.807) is 53.7 Å². The third-order valence-corrected chi connectivity index (χ3v) is 4.16. The minimum absolute atomic E-state index is 0.0105. The minimum Gasteiger partial charge on any atom is -0.462 e. The van der Waals surface area contributed by atoms with Gasteiger partial charge in [0.1, 0.15) is 24.9 Å². The van der Waals surface area contributed by atoms with E-state index in [1.165, 1.54) is 0 Å². The fourth-order valence-corrected chi connectivity index (χ4v) is 2.29. The number of carbonyl (C=O) groups excluding carboxylic acids is 2. The van der Waals surface area contributed by atoms with Crippen LogP contribution < -0.4 is 0 Å². The summed E-state index contributed by atoms with van der Waals surface area (Å²) in [6, 6.07) is 0. The molecule has 0 aromatic heterocycles. The van der Waals surface area contributed by atoms with Crippen molar-refractivity contribution in [3.8, 4) is 11.8 Å². The molecule has 1 rings (SSSR count). The Kier molecular flexibility index (Phi) is 9.23. The second-order valence-corrected chi connectivity index (χ2v) is 9.23. The molecule has 0 radical (unpaired) electrons. The van der Waals surface area contributed by atoms with Crippen LogP contribution >= 0.6 is 0 Å².